The van der Waals surface area contributed by atoms with E-state index in [0.717, 1.165) is 21.5 Å². The molecule has 0 saturated carbocycles. The fourth-order valence-electron chi connectivity index (χ4n) is 7.20. The monoisotopic (exact) mass is 929 g/mol. The van der Waals surface area contributed by atoms with Gasteiger partial charge in [0.15, 0.2) is 6.04 Å². The molecule has 0 fully saturated rings. The van der Waals surface area contributed by atoms with Crippen LogP contribution in [0.5, 0.6) is 0 Å². The molecule has 1 aromatic heterocycles. The number of carbonyl (C=O) groups excluding carboxylic acids is 5. The van der Waals surface area contributed by atoms with Crippen LogP contribution in [0.4, 0.5) is 25.8 Å². The number of carbonyl (C=O) groups is 6. The number of allylic oxidation sites excluding steroid dienone is 1. The minimum Gasteiger partial charge on any atom is -0.479 e. The first kappa shape index (κ1) is 51.2. The molecule has 5 aromatic rings. The lowest BCUT2D eigenvalue weighted by Gasteiger charge is -2.39. The molecule has 4 amide bonds. The summed E-state index contributed by atoms with van der Waals surface area (Å²) in [5, 5.41) is 19.7. The molecule has 4 aromatic carbocycles. The number of aromatic nitrogens is 1. The van der Waals surface area contributed by atoms with Gasteiger partial charge in [0.05, 0.1) is 24.8 Å². The van der Waals surface area contributed by atoms with E-state index < -0.39 is 59.4 Å². The second-order valence-corrected chi connectivity index (χ2v) is 17.9. The molecule has 0 aliphatic carbocycles. The maximum atomic E-state index is 14.1. The number of esters is 1. The smallest absolute Gasteiger partial charge is 0.439 e. The summed E-state index contributed by atoms with van der Waals surface area (Å²) in [5.74, 6) is -2.36. The third kappa shape index (κ3) is 14.6. The van der Waals surface area contributed by atoms with Crippen molar-refractivity contribution in [2.24, 2.45) is 0 Å². The minimum absolute atomic E-state index is 0.0286. The Morgan fingerprint density at radius 3 is 2.04 bits per heavy atom. The number of anilines is 2. The highest BCUT2D eigenvalue weighted by atomic mass is 16.6. The van der Waals surface area contributed by atoms with Crippen molar-refractivity contribution >= 4 is 58.3 Å². The van der Waals surface area contributed by atoms with Crippen LogP contribution in [0.15, 0.2) is 116 Å². The van der Waals surface area contributed by atoms with Crippen LogP contribution >= 0.6 is 0 Å². The van der Waals surface area contributed by atoms with E-state index in [1.165, 1.54) is 6.08 Å². The quantitative estimate of drug-likeness (QED) is 0.0365. The number of imide groups is 1. The van der Waals surface area contributed by atoms with Gasteiger partial charge in [-0.1, -0.05) is 66.7 Å². The summed E-state index contributed by atoms with van der Waals surface area (Å²) < 4.78 is 21.9. The van der Waals surface area contributed by atoms with E-state index in [4.69, 9.17) is 18.9 Å². The number of hydrazine groups is 1. The van der Waals surface area contributed by atoms with Gasteiger partial charge in [0.25, 0.3) is 0 Å². The van der Waals surface area contributed by atoms with Gasteiger partial charge in [-0.15, -0.1) is 5.01 Å². The number of benzene rings is 4. The zero-order chi connectivity index (χ0) is 49.8. The van der Waals surface area contributed by atoms with Crippen LogP contribution in [0.2, 0.25) is 0 Å². The van der Waals surface area contributed by atoms with Crippen LogP contribution in [0, 0.1) is 13.8 Å². The van der Waals surface area contributed by atoms with Crippen LogP contribution in [-0.2, 0) is 46.4 Å². The first-order valence-corrected chi connectivity index (χ1v) is 22.0. The number of fused-ring (bicyclic) bond motifs is 1. The summed E-state index contributed by atoms with van der Waals surface area (Å²) in [6.45, 7) is 15.2. The number of aliphatic carboxylic acids is 1. The van der Waals surface area contributed by atoms with Crippen LogP contribution in [0.25, 0.3) is 10.8 Å². The average Bonchev–Trinajstić information content (AvgIpc) is 3.25. The Kier molecular flexibility index (Phi) is 17.1. The molecule has 0 unspecified atom stereocenters. The Morgan fingerprint density at radius 2 is 1.43 bits per heavy atom. The zero-order valence-electron chi connectivity index (χ0n) is 39.8. The van der Waals surface area contributed by atoms with Gasteiger partial charge in [0.1, 0.15) is 17.8 Å². The van der Waals surface area contributed by atoms with Gasteiger partial charge >= 0.3 is 30.2 Å². The van der Waals surface area contributed by atoms with Crippen LogP contribution < -0.4 is 15.6 Å². The van der Waals surface area contributed by atoms with Crippen LogP contribution in [0.1, 0.15) is 100 Å². The molecule has 16 nitrogen and oxygen atoms in total. The number of aryl methyl sites for hydroxylation is 2. The number of nitrogens with zero attached hydrogens (tertiary/aromatic N) is 3. The number of hydrogen-bond donors (Lipinski definition) is 3. The van der Waals surface area contributed by atoms with Crippen molar-refractivity contribution in [2.45, 2.75) is 105 Å². The molecule has 1 heterocycles. The minimum atomic E-state index is -1.66. The number of nitrogens with one attached hydrogen (secondary N) is 2. The number of rotatable bonds is 16. The van der Waals surface area contributed by atoms with Crippen LogP contribution in [0.3, 0.4) is 0 Å². The second-order valence-electron chi connectivity index (χ2n) is 17.9. The molecule has 16 heteroatoms. The van der Waals surface area contributed by atoms with E-state index in [2.05, 4.69) is 15.6 Å². The van der Waals surface area contributed by atoms with Gasteiger partial charge < -0.3 is 34.7 Å². The van der Waals surface area contributed by atoms with E-state index in [1.807, 2.05) is 30.3 Å². The summed E-state index contributed by atoms with van der Waals surface area (Å²) >= 11 is 0. The normalized spacial score (nSPS) is 12.4. The molecule has 68 heavy (non-hydrogen) atoms. The number of ether oxygens (including phenoxy) is 4. The van der Waals surface area contributed by atoms with Crippen molar-refractivity contribution < 1.29 is 52.8 Å². The van der Waals surface area contributed by atoms with Crippen molar-refractivity contribution in [3.63, 3.8) is 0 Å². The first-order valence-electron chi connectivity index (χ1n) is 22.0. The molecule has 0 spiro atoms. The Labute approximate surface area is 396 Å². The van der Waals surface area contributed by atoms with E-state index >= 15 is 0 Å². The molecule has 0 aliphatic rings. The Hall–Kier alpha value is -7.75. The van der Waals surface area contributed by atoms with Crippen molar-refractivity contribution in [2.75, 3.05) is 16.9 Å². The fraction of sp³-hybridized carbons (Fsp3) is 0.327. The third-order valence-electron chi connectivity index (χ3n) is 10.1. The highest BCUT2D eigenvalue weighted by Gasteiger charge is 2.43. The Bertz CT molecular complexity index is 2600. The number of amides is 4. The van der Waals surface area contributed by atoms with Gasteiger partial charge in [-0.3, -0.25) is 19.6 Å². The second kappa shape index (κ2) is 22.6. The zero-order valence-corrected chi connectivity index (χ0v) is 39.8. The standard InChI is InChI=1S/C52H59N5O11/c1-10-65-45(59)30-43(55-48(62)66-32-35-16-12-11-13-17-35)37-18-14-19-40(28-37)54-44(58)21-15-20-42-33(2)26-39(27-34(42)3)46(47(60)61)56(41-23-22-38-31-53-25-24-36(38)29-41)57(49(63)67-51(4,5)6)50(64)68-52(7,8)9/h11-19,21-29,31,43,46H,10,20,30,32H2,1-9H3,(H,54,58)(H,55,62)(H,60,61)/b21-15-/t43-,46-/m1/s1. The number of carboxylic acid groups (broad SMARTS) is 1. The van der Waals surface area contributed by atoms with Crippen molar-refractivity contribution in [3.8, 4) is 0 Å². The maximum absolute atomic E-state index is 14.1. The van der Waals surface area contributed by atoms with Gasteiger partial charge in [-0.05, 0) is 144 Å². The van der Waals surface area contributed by atoms with Gasteiger partial charge in [0.2, 0.25) is 5.91 Å². The maximum Gasteiger partial charge on any atom is 0.439 e. The number of hydrogen-bond acceptors (Lipinski definition) is 12. The summed E-state index contributed by atoms with van der Waals surface area (Å²) in [7, 11) is 0. The third-order valence-corrected chi connectivity index (χ3v) is 10.1. The van der Waals surface area contributed by atoms with E-state index in [-0.39, 0.29) is 37.3 Å². The van der Waals surface area contributed by atoms with E-state index in [1.54, 1.807) is 141 Å². The average molecular weight is 930 g/mol. The van der Waals surface area contributed by atoms with E-state index in [9.17, 15) is 33.9 Å². The lowest BCUT2D eigenvalue weighted by atomic mass is 9.93. The molecular formula is C52H59N5O11. The predicted molar refractivity (Wildman–Crippen MR) is 256 cm³/mol. The Morgan fingerprint density at radius 1 is 0.765 bits per heavy atom. The van der Waals surface area contributed by atoms with Crippen molar-refractivity contribution in [1.29, 1.82) is 0 Å². The molecule has 0 aliphatic heterocycles. The van der Waals surface area contributed by atoms with E-state index in [0.29, 0.717) is 32.8 Å². The van der Waals surface area contributed by atoms with Gasteiger partial charge in [-0.2, -0.15) is 0 Å². The summed E-state index contributed by atoms with van der Waals surface area (Å²) in [6.07, 6.45) is 3.31. The summed E-state index contributed by atoms with van der Waals surface area (Å²) in [5.41, 5.74) is 2.15. The largest absolute Gasteiger partial charge is 0.479 e. The highest BCUT2D eigenvalue weighted by molar-refractivity contribution is 5.99. The molecular weight excluding hydrogens is 871 g/mol. The van der Waals surface area contributed by atoms with Crippen molar-refractivity contribution in [3.05, 3.63) is 149 Å². The summed E-state index contributed by atoms with van der Waals surface area (Å²) in [6, 6.07) is 23.4. The molecule has 2 atom stereocenters. The SMILES string of the molecule is CCOC(=O)C[C@@H](NC(=O)OCc1ccccc1)c1cccc(NC(=O)/C=C\Cc2c(C)cc([C@H](C(=O)O)N(c3ccc4cnccc4c3)N(C(=O)OC(C)(C)C)C(=O)OC(C)(C)C)cc2C)c1. The summed E-state index contributed by atoms with van der Waals surface area (Å²) in [4.78, 5) is 84.5. The molecule has 5 rings (SSSR count). The molecule has 358 valence electrons. The lowest BCUT2D eigenvalue weighted by Crippen LogP contribution is -2.56. The first-order chi connectivity index (χ1) is 32.1. The van der Waals surface area contributed by atoms with Gasteiger partial charge in [-0.25, -0.2) is 19.2 Å². The predicted octanol–water partition coefficient (Wildman–Crippen LogP) is 10.2. The number of pyridine rings is 1. The molecule has 0 bridgehead atoms. The Balaban J connectivity index is 1.40. The number of carboxylic acids is 1. The van der Waals surface area contributed by atoms with Gasteiger partial charge in [0, 0.05) is 23.5 Å². The van der Waals surface area contributed by atoms with Crippen molar-refractivity contribution in [1.82, 2.24) is 15.3 Å². The molecule has 0 radical (unpaired) electrons. The molecule has 0 saturated heterocycles. The topological polar surface area (TPSA) is 203 Å². The lowest BCUT2D eigenvalue weighted by molar-refractivity contribution is -0.144. The number of alkyl carbamates (subject to hydrolysis) is 1. The van der Waals surface area contributed by atoms with Crippen LogP contribution in [-0.4, -0.2) is 69.0 Å². The molecule has 3 N–H and O–H groups in total. The fourth-order valence-corrected chi connectivity index (χ4v) is 7.20. The highest BCUT2D eigenvalue weighted by Crippen LogP contribution is 2.35.